The first-order chi connectivity index (χ1) is 8.37. The van der Waals surface area contributed by atoms with Crippen LogP contribution in [0.5, 0.6) is 0 Å². The first-order valence-electron chi connectivity index (χ1n) is 5.33. The smallest absolute Gasteiger partial charge is 0.119 e. The van der Waals surface area contributed by atoms with Gasteiger partial charge >= 0.3 is 0 Å². The highest BCUT2D eigenvalue weighted by Crippen LogP contribution is 2.82. The summed E-state index contributed by atoms with van der Waals surface area (Å²) in [5, 5.41) is -0.774. The van der Waals surface area contributed by atoms with Gasteiger partial charge in [0.15, 0.2) is 0 Å². The zero-order chi connectivity index (χ0) is 15.0. The van der Waals surface area contributed by atoms with E-state index in [-0.39, 0.29) is 6.42 Å². The van der Waals surface area contributed by atoms with Crippen molar-refractivity contribution in [3.05, 3.63) is 0 Å². The molecule has 0 spiro atoms. The van der Waals surface area contributed by atoms with Gasteiger partial charge in [0.25, 0.3) is 0 Å². The normalized spacial score (nSPS) is 47.4. The third kappa shape index (κ3) is 1.94. The molecule has 2 aliphatic rings. The van der Waals surface area contributed by atoms with Crippen molar-refractivity contribution >= 4 is 104 Å². The molecule has 0 aromatic carbocycles. The lowest BCUT2D eigenvalue weighted by Gasteiger charge is -2.48. The van der Waals surface area contributed by atoms with Crippen molar-refractivity contribution in [2.24, 2.45) is 16.7 Å². The third-order valence-electron chi connectivity index (χ3n) is 4.64. The molecule has 9 heteroatoms. The number of halogens is 9. The summed E-state index contributed by atoms with van der Waals surface area (Å²) in [6.45, 7) is 1.77. The van der Waals surface area contributed by atoms with Gasteiger partial charge in [0.2, 0.25) is 0 Å². The molecule has 2 unspecified atom stereocenters. The molecule has 0 N–H and O–H groups in total. The molecule has 0 radical (unpaired) electrons. The number of fused-ring (bicyclic) bond motifs is 2. The summed E-state index contributed by atoms with van der Waals surface area (Å²) in [6, 6.07) is 0. The average molecular weight is 448 g/mol. The Labute approximate surface area is 157 Å². The SMILES string of the molecule is CC1(C(Cl)Cl)[C@@H]2[C@H](Cl)C(Cl)(Cl)C1(C(Cl)Cl)CC2(Cl)Cl. The second-order valence-electron chi connectivity index (χ2n) is 5.30. The summed E-state index contributed by atoms with van der Waals surface area (Å²) in [5.74, 6) is -0.542. The van der Waals surface area contributed by atoms with Gasteiger partial charge in [-0.15, -0.1) is 81.2 Å². The minimum atomic E-state index is -1.43. The molecule has 2 saturated carbocycles. The van der Waals surface area contributed by atoms with Crippen molar-refractivity contribution in [2.75, 3.05) is 0 Å². The Kier molecular flexibility index (Phi) is 4.77. The van der Waals surface area contributed by atoms with Crippen molar-refractivity contribution in [3.63, 3.8) is 0 Å². The Bertz CT molecular complexity index is 392. The molecule has 2 rings (SSSR count). The molecule has 0 aliphatic heterocycles. The Morgan fingerprint density at radius 3 is 1.74 bits per heavy atom. The van der Waals surface area contributed by atoms with E-state index in [1.165, 1.54) is 0 Å². The van der Waals surface area contributed by atoms with E-state index >= 15 is 0 Å². The summed E-state index contributed by atoms with van der Waals surface area (Å²) in [6.07, 6.45) is 0.161. The monoisotopic (exact) mass is 444 g/mol. The van der Waals surface area contributed by atoms with E-state index in [1.807, 2.05) is 0 Å². The topological polar surface area (TPSA) is 0 Å². The lowest BCUT2D eigenvalue weighted by atomic mass is 9.70. The van der Waals surface area contributed by atoms with Gasteiger partial charge in [-0.25, -0.2) is 0 Å². The third-order valence-corrected chi connectivity index (χ3v) is 8.97. The molecule has 112 valence electrons. The maximum Gasteiger partial charge on any atom is 0.143 e. The Hall–Kier alpha value is 2.61. The summed E-state index contributed by atoms with van der Waals surface area (Å²) in [5.41, 5.74) is -2.02. The lowest BCUT2D eigenvalue weighted by Crippen LogP contribution is -2.53. The predicted octanol–water partition coefficient (Wildman–Crippen LogP) is 6.58. The van der Waals surface area contributed by atoms with Gasteiger partial charge in [0.1, 0.15) is 18.3 Å². The fourth-order valence-electron chi connectivity index (χ4n) is 3.63. The highest BCUT2D eigenvalue weighted by molar-refractivity contribution is 6.58. The van der Waals surface area contributed by atoms with Gasteiger partial charge < -0.3 is 0 Å². The van der Waals surface area contributed by atoms with E-state index in [0.717, 1.165) is 0 Å². The molecule has 2 bridgehead atoms. The first kappa shape index (κ1) is 18.0. The number of hydrogen-bond donors (Lipinski definition) is 0. The zero-order valence-electron chi connectivity index (χ0n) is 9.42. The Morgan fingerprint density at radius 2 is 1.42 bits per heavy atom. The van der Waals surface area contributed by atoms with Crippen LogP contribution in [0.1, 0.15) is 13.3 Å². The summed E-state index contributed by atoms with van der Waals surface area (Å²) in [4.78, 5) is -1.85. The van der Waals surface area contributed by atoms with E-state index in [0.29, 0.717) is 0 Å². The first-order valence-corrected chi connectivity index (χ1v) is 9.02. The fourth-order valence-corrected chi connectivity index (χ4v) is 8.42. The van der Waals surface area contributed by atoms with Crippen LogP contribution in [0.3, 0.4) is 0 Å². The van der Waals surface area contributed by atoms with E-state index in [9.17, 15) is 0 Å². The number of hydrogen-bond acceptors (Lipinski definition) is 0. The van der Waals surface area contributed by atoms with Crippen LogP contribution in [0.25, 0.3) is 0 Å². The quantitative estimate of drug-likeness (QED) is 0.419. The Morgan fingerprint density at radius 1 is 0.947 bits per heavy atom. The minimum absolute atomic E-state index is 0.161. The molecule has 19 heavy (non-hydrogen) atoms. The maximum atomic E-state index is 6.45. The zero-order valence-corrected chi connectivity index (χ0v) is 16.2. The van der Waals surface area contributed by atoms with Crippen LogP contribution in [0.15, 0.2) is 0 Å². The van der Waals surface area contributed by atoms with Gasteiger partial charge in [-0.2, -0.15) is 0 Å². The molecule has 0 nitrogen and oxygen atoms in total. The summed E-state index contributed by atoms with van der Waals surface area (Å²) < 4.78 is -2.63. The molecule has 0 saturated heterocycles. The molecular weight excluding hydrogens is 439 g/mol. The molecule has 4 atom stereocenters. The number of rotatable bonds is 2. The van der Waals surface area contributed by atoms with Crippen molar-refractivity contribution in [2.45, 2.75) is 37.1 Å². The average Bonchev–Trinajstić information content (AvgIpc) is 2.49. The van der Waals surface area contributed by atoms with Crippen LogP contribution in [-0.4, -0.2) is 23.7 Å². The lowest BCUT2D eigenvalue weighted by molar-refractivity contribution is 0.130. The van der Waals surface area contributed by atoms with Gasteiger partial charge in [-0.3, -0.25) is 0 Å². The summed E-state index contributed by atoms with van der Waals surface area (Å²) >= 11 is 56.7. The van der Waals surface area contributed by atoms with Crippen LogP contribution >= 0.6 is 104 Å². The maximum absolute atomic E-state index is 6.45. The highest BCUT2D eigenvalue weighted by atomic mass is 35.5. The van der Waals surface area contributed by atoms with Crippen molar-refractivity contribution in [1.82, 2.24) is 0 Å². The van der Waals surface area contributed by atoms with Crippen LogP contribution in [0.2, 0.25) is 0 Å². The highest BCUT2D eigenvalue weighted by Gasteiger charge is 2.85. The van der Waals surface area contributed by atoms with Gasteiger partial charge in [-0.05, 0) is 6.42 Å². The second kappa shape index (κ2) is 5.05. The van der Waals surface area contributed by atoms with Crippen molar-refractivity contribution < 1.29 is 0 Å². The molecule has 2 fully saturated rings. The van der Waals surface area contributed by atoms with Crippen molar-refractivity contribution in [1.29, 1.82) is 0 Å². The molecule has 0 amide bonds. The van der Waals surface area contributed by atoms with E-state index in [4.69, 9.17) is 104 Å². The van der Waals surface area contributed by atoms with E-state index in [1.54, 1.807) is 6.92 Å². The van der Waals surface area contributed by atoms with E-state index in [2.05, 4.69) is 0 Å². The van der Waals surface area contributed by atoms with Gasteiger partial charge in [0.05, 0.1) is 5.38 Å². The van der Waals surface area contributed by atoms with E-state index < -0.39 is 40.5 Å². The standard InChI is InChI=1S/C10H9Cl9/c1-7(5(12)13)3-4(11)10(18,19)8(7,6(14)15)2-9(3,16)17/h3-6H,2H2,1H3/t3-,4-,7?,8?/m0/s1. The van der Waals surface area contributed by atoms with Crippen LogP contribution < -0.4 is 0 Å². The van der Waals surface area contributed by atoms with Crippen molar-refractivity contribution in [3.8, 4) is 0 Å². The Balaban J connectivity index is 2.75. The van der Waals surface area contributed by atoms with Crippen LogP contribution in [0.4, 0.5) is 0 Å². The minimum Gasteiger partial charge on any atom is -0.119 e. The van der Waals surface area contributed by atoms with Gasteiger partial charge in [0, 0.05) is 16.7 Å². The second-order valence-corrected chi connectivity index (χ2v) is 10.9. The largest absolute Gasteiger partial charge is 0.143 e. The molecule has 2 aliphatic carbocycles. The fraction of sp³-hybridized carbons (Fsp3) is 1.00. The summed E-state index contributed by atoms with van der Waals surface area (Å²) in [7, 11) is 0. The molecule has 0 aromatic heterocycles. The van der Waals surface area contributed by atoms with Crippen LogP contribution in [-0.2, 0) is 0 Å². The van der Waals surface area contributed by atoms with Crippen LogP contribution in [0, 0.1) is 16.7 Å². The molecule has 0 aromatic rings. The molecule has 0 heterocycles. The molecular formula is C10H9Cl9. The number of alkyl halides is 9. The predicted molar refractivity (Wildman–Crippen MR) is 88.2 cm³/mol. The van der Waals surface area contributed by atoms with Gasteiger partial charge in [-0.1, -0.05) is 30.1 Å².